The van der Waals surface area contributed by atoms with Gasteiger partial charge in [0, 0.05) is 24.3 Å². The van der Waals surface area contributed by atoms with Gasteiger partial charge >= 0.3 is 5.97 Å². The summed E-state index contributed by atoms with van der Waals surface area (Å²) in [7, 11) is 1.56. The standard InChI is InChI=1S/C23H28N2O5/c1-5-30-23(28)18-15(3)24-20(19(18)16-8-10-17(29-4)11-9-16)21(26)22(27)25-12-6-7-14(2)13-25/h8-11,14,24H,5-7,12-13H2,1-4H3/t14-/m1/s1. The fourth-order valence-corrected chi connectivity index (χ4v) is 3.92. The van der Waals surface area contributed by atoms with Gasteiger partial charge in [-0.15, -0.1) is 0 Å². The highest BCUT2D eigenvalue weighted by Crippen LogP contribution is 2.33. The Balaban J connectivity index is 2.06. The third kappa shape index (κ3) is 4.25. The zero-order chi connectivity index (χ0) is 21.8. The van der Waals surface area contributed by atoms with E-state index in [1.165, 1.54) is 0 Å². The van der Waals surface area contributed by atoms with Gasteiger partial charge in [-0.1, -0.05) is 19.1 Å². The Bertz CT molecular complexity index is 945. The van der Waals surface area contributed by atoms with Crippen LogP contribution in [-0.4, -0.2) is 54.3 Å². The van der Waals surface area contributed by atoms with E-state index in [0.29, 0.717) is 41.6 Å². The number of aromatic amines is 1. The van der Waals surface area contributed by atoms with Crippen molar-refractivity contribution in [3.8, 4) is 16.9 Å². The molecular formula is C23H28N2O5. The number of esters is 1. The molecule has 1 aliphatic rings. The Hall–Kier alpha value is -3.09. The van der Waals surface area contributed by atoms with Crippen molar-refractivity contribution in [2.75, 3.05) is 26.8 Å². The predicted molar refractivity (Wildman–Crippen MR) is 113 cm³/mol. The number of H-pyrrole nitrogens is 1. The van der Waals surface area contributed by atoms with Crippen LogP contribution in [0.2, 0.25) is 0 Å². The van der Waals surface area contributed by atoms with Crippen molar-refractivity contribution in [2.45, 2.75) is 33.6 Å². The van der Waals surface area contributed by atoms with Crippen molar-refractivity contribution in [3.05, 3.63) is 41.2 Å². The molecule has 2 heterocycles. The highest BCUT2D eigenvalue weighted by atomic mass is 16.5. The normalized spacial score (nSPS) is 16.3. The largest absolute Gasteiger partial charge is 0.497 e. The molecule has 0 spiro atoms. The second kappa shape index (κ2) is 9.15. The minimum absolute atomic E-state index is 0.115. The number of nitrogens with zero attached hydrogens (tertiary/aromatic N) is 1. The molecule has 1 amide bonds. The lowest BCUT2D eigenvalue weighted by molar-refractivity contribution is -0.128. The van der Waals surface area contributed by atoms with Crippen LogP contribution in [0.5, 0.6) is 5.75 Å². The van der Waals surface area contributed by atoms with Crippen LogP contribution in [0.1, 0.15) is 53.2 Å². The zero-order valence-electron chi connectivity index (χ0n) is 17.9. The average Bonchev–Trinajstić information content (AvgIpc) is 3.10. The molecule has 3 rings (SSSR count). The number of ether oxygens (including phenoxy) is 2. The van der Waals surface area contributed by atoms with E-state index in [0.717, 1.165) is 12.8 Å². The number of ketones is 1. The van der Waals surface area contributed by atoms with E-state index in [1.54, 1.807) is 50.1 Å². The Morgan fingerprint density at radius 1 is 1.20 bits per heavy atom. The smallest absolute Gasteiger partial charge is 0.340 e. The van der Waals surface area contributed by atoms with Crippen LogP contribution in [0, 0.1) is 12.8 Å². The maximum Gasteiger partial charge on any atom is 0.340 e. The molecule has 160 valence electrons. The van der Waals surface area contributed by atoms with Crippen molar-refractivity contribution in [3.63, 3.8) is 0 Å². The van der Waals surface area contributed by atoms with Gasteiger partial charge in [0.15, 0.2) is 0 Å². The number of methoxy groups -OCH3 is 1. The second-order valence-electron chi connectivity index (χ2n) is 7.65. The molecule has 0 unspecified atom stereocenters. The van der Waals surface area contributed by atoms with Gasteiger partial charge in [0.25, 0.3) is 11.7 Å². The Labute approximate surface area is 176 Å². The maximum absolute atomic E-state index is 13.2. The van der Waals surface area contributed by atoms with Crippen molar-refractivity contribution < 1.29 is 23.9 Å². The van der Waals surface area contributed by atoms with Gasteiger partial charge in [-0.2, -0.15) is 0 Å². The number of carbonyl (C=O) groups excluding carboxylic acids is 3. The molecule has 1 N–H and O–H groups in total. The average molecular weight is 412 g/mol. The Morgan fingerprint density at radius 2 is 1.90 bits per heavy atom. The number of nitrogens with one attached hydrogen (secondary N) is 1. The van der Waals surface area contributed by atoms with Crippen molar-refractivity contribution in [2.24, 2.45) is 5.92 Å². The number of Topliss-reactive ketones (excluding diaryl/α,β-unsaturated/α-hetero) is 1. The molecule has 7 nitrogen and oxygen atoms in total. The number of aryl methyl sites for hydroxylation is 1. The van der Waals surface area contributed by atoms with Crippen molar-refractivity contribution >= 4 is 17.7 Å². The minimum Gasteiger partial charge on any atom is -0.497 e. The summed E-state index contributed by atoms with van der Waals surface area (Å²) in [6.07, 6.45) is 1.92. The summed E-state index contributed by atoms with van der Waals surface area (Å²) in [5.41, 5.74) is 1.89. The Morgan fingerprint density at radius 3 is 2.50 bits per heavy atom. The van der Waals surface area contributed by atoms with Crippen LogP contribution >= 0.6 is 0 Å². The lowest BCUT2D eigenvalue weighted by Crippen LogP contribution is -2.43. The van der Waals surface area contributed by atoms with E-state index < -0.39 is 17.7 Å². The van der Waals surface area contributed by atoms with E-state index in [-0.39, 0.29) is 17.9 Å². The molecule has 0 saturated carbocycles. The van der Waals surface area contributed by atoms with E-state index in [9.17, 15) is 14.4 Å². The van der Waals surface area contributed by atoms with E-state index in [1.807, 2.05) is 0 Å². The molecule has 1 fully saturated rings. The first kappa shape index (κ1) is 21.6. The topological polar surface area (TPSA) is 88.7 Å². The molecule has 0 bridgehead atoms. The van der Waals surface area contributed by atoms with Crippen LogP contribution in [-0.2, 0) is 9.53 Å². The molecule has 1 atom stereocenters. The molecule has 7 heteroatoms. The van der Waals surface area contributed by atoms with Gasteiger partial charge < -0.3 is 19.4 Å². The highest BCUT2D eigenvalue weighted by molar-refractivity contribution is 6.43. The summed E-state index contributed by atoms with van der Waals surface area (Å²) >= 11 is 0. The number of carbonyl (C=O) groups is 3. The quantitative estimate of drug-likeness (QED) is 0.445. The van der Waals surface area contributed by atoms with E-state index in [4.69, 9.17) is 9.47 Å². The number of hydrogen-bond donors (Lipinski definition) is 1. The molecule has 0 aliphatic carbocycles. The predicted octanol–water partition coefficient (Wildman–Crippen LogP) is 3.62. The molecular weight excluding hydrogens is 384 g/mol. The zero-order valence-corrected chi connectivity index (χ0v) is 17.9. The van der Waals surface area contributed by atoms with Gasteiger partial charge in [0.1, 0.15) is 11.4 Å². The number of piperidine rings is 1. The monoisotopic (exact) mass is 412 g/mol. The summed E-state index contributed by atoms with van der Waals surface area (Å²) in [5, 5.41) is 0. The summed E-state index contributed by atoms with van der Waals surface area (Å²) in [6.45, 7) is 6.83. The molecule has 1 saturated heterocycles. The maximum atomic E-state index is 13.2. The number of likely N-dealkylation sites (tertiary alicyclic amines) is 1. The SMILES string of the molecule is CCOC(=O)c1c(C)[nH]c(C(=O)C(=O)N2CCC[C@@H](C)C2)c1-c1ccc(OC)cc1. The third-order valence-corrected chi connectivity index (χ3v) is 5.41. The van der Waals surface area contributed by atoms with Crippen LogP contribution < -0.4 is 4.74 Å². The lowest BCUT2D eigenvalue weighted by atomic mass is 9.96. The van der Waals surface area contributed by atoms with E-state index >= 15 is 0 Å². The molecule has 30 heavy (non-hydrogen) atoms. The van der Waals surface area contributed by atoms with Gasteiger partial charge in [-0.25, -0.2) is 4.79 Å². The van der Waals surface area contributed by atoms with Gasteiger partial charge in [0.2, 0.25) is 0 Å². The molecule has 1 aliphatic heterocycles. The number of rotatable bonds is 6. The van der Waals surface area contributed by atoms with Crippen LogP contribution in [0.25, 0.3) is 11.1 Å². The van der Waals surface area contributed by atoms with Gasteiger partial charge in [0.05, 0.1) is 19.3 Å². The second-order valence-corrected chi connectivity index (χ2v) is 7.65. The number of aromatic nitrogens is 1. The minimum atomic E-state index is -0.645. The Kier molecular flexibility index (Phi) is 6.59. The molecule has 1 aromatic carbocycles. The molecule has 2 aromatic rings. The number of amides is 1. The number of benzene rings is 1. The fraction of sp³-hybridized carbons (Fsp3) is 0.435. The number of hydrogen-bond acceptors (Lipinski definition) is 5. The van der Waals surface area contributed by atoms with Crippen LogP contribution in [0.4, 0.5) is 0 Å². The molecule has 1 aromatic heterocycles. The first-order valence-corrected chi connectivity index (χ1v) is 10.2. The lowest BCUT2D eigenvalue weighted by Gasteiger charge is -2.30. The summed E-state index contributed by atoms with van der Waals surface area (Å²) in [5.74, 6) is -0.719. The summed E-state index contributed by atoms with van der Waals surface area (Å²) < 4.78 is 10.4. The first-order chi connectivity index (χ1) is 14.4. The third-order valence-electron chi connectivity index (χ3n) is 5.41. The summed E-state index contributed by atoms with van der Waals surface area (Å²) in [4.78, 5) is 43.4. The van der Waals surface area contributed by atoms with E-state index in [2.05, 4.69) is 11.9 Å². The van der Waals surface area contributed by atoms with Crippen LogP contribution in [0.3, 0.4) is 0 Å². The van der Waals surface area contributed by atoms with Gasteiger partial charge in [-0.05, 0) is 50.3 Å². The molecule has 0 radical (unpaired) electrons. The van der Waals surface area contributed by atoms with Gasteiger partial charge in [-0.3, -0.25) is 9.59 Å². The first-order valence-electron chi connectivity index (χ1n) is 10.2. The van der Waals surface area contributed by atoms with Crippen molar-refractivity contribution in [1.82, 2.24) is 9.88 Å². The van der Waals surface area contributed by atoms with Crippen molar-refractivity contribution in [1.29, 1.82) is 0 Å². The van der Waals surface area contributed by atoms with Crippen LogP contribution in [0.15, 0.2) is 24.3 Å². The fourth-order valence-electron chi connectivity index (χ4n) is 3.92. The highest BCUT2D eigenvalue weighted by Gasteiger charge is 2.33. The summed E-state index contributed by atoms with van der Waals surface area (Å²) in [6, 6.07) is 7.01.